The van der Waals surface area contributed by atoms with Crippen LogP contribution in [0.3, 0.4) is 0 Å². The zero-order chi connectivity index (χ0) is 13.2. The van der Waals surface area contributed by atoms with Crippen LogP contribution in [0.4, 0.5) is 0 Å². The smallest absolute Gasteiger partial charge is 0.0408 e. The van der Waals surface area contributed by atoms with Crippen molar-refractivity contribution < 1.29 is 0 Å². The molecular formula is C16H18ClNS. The van der Waals surface area contributed by atoms with Gasteiger partial charge in [0.25, 0.3) is 0 Å². The Morgan fingerprint density at radius 1 is 1.37 bits per heavy atom. The van der Waals surface area contributed by atoms with Gasteiger partial charge in [-0.1, -0.05) is 17.7 Å². The molecule has 1 aromatic heterocycles. The molecule has 0 amide bonds. The second-order valence-corrected chi connectivity index (χ2v) is 6.56. The predicted octanol–water partition coefficient (Wildman–Crippen LogP) is 4.70. The largest absolute Gasteiger partial charge is 0.298 e. The van der Waals surface area contributed by atoms with Crippen molar-refractivity contribution in [3.63, 3.8) is 0 Å². The summed E-state index contributed by atoms with van der Waals surface area (Å²) in [5.41, 5.74) is 4.21. The first kappa shape index (κ1) is 13.2. The van der Waals surface area contributed by atoms with Crippen LogP contribution in [0.25, 0.3) is 0 Å². The van der Waals surface area contributed by atoms with Gasteiger partial charge in [-0.05, 0) is 71.5 Å². The Morgan fingerprint density at radius 3 is 3.00 bits per heavy atom. The molecule has 2 aromatic rings. The highest BCUT2D eigenvalue weighted by molar-refractivity contribution is 7.07. The molecule has 3 heteroatoms. The summed E-state index contributed by atoms with van der Waals surface area (Å²) in [6.45, 7) is 5.57. The van der Waals surface area contributed by atoms with E-state index in [9.17, 15) is 0 Å². The molecule has 0 bridgehead atoms. The van der Waals surface area contributed by atoms with Crippen LogP contribution < -0.4 is 0 Å². The quantitative estimate of drug-likeness (QED) is 0.792. The van der Waals surface area contributed by atoms with Crippen molar-refractivity contribution >= 4 is 22.9 Å². The second-order valence-electron chi connectivity index (χ2n) is 5.35. The van der Waals surface area contributed by atoms with Crippen molar-refractivity contribution in [2.24, 2.45) is 0 Å². The number of nitrogens with zero attached hydrogens (tertiary/aromatic N) is 1. The molecule has 100 valence electrons. The Bertz CT molecular complexity index is 550. The third-order valence-electron chi connectivity index (χ3n) is 3.99. The van der Waals surface area contributed by atoms with Gasteiger partial charge < -0.3 is 0 Å². The van der Waals surface area contributed by atoms with Crippen LogP contribution in [-0.2, 0) is 6.54 Å². The summed E-state index contributed by atoms with van der Waals surface area (Å²) in [4.78, 5) is 2.55. The summed E-state index contributed by atoms with van der Waals surface area (Å²) in [6, 6.07) is 8.49. The lowest BCUT2D eigenvalue weighted by Gasteiger charge is -2.17. The molecule has 0 N–H and O–H groups in total. The number of aryl methyl sites for hydroxylation is 1. The van der Waals surface area contributed by atoms with Crippen molar-refractivity contribution in [2.45, 2.75) is 25.8 Å². The first-order valence-corrected chi connectivity index (χ1v) is 8.04. The van der Waals surface area contributed by atoms with Crippen molar-refractivity contribution in [1.82, 2.24) is 4.90 Å². The maximum absolute atomic E-state index is 6.01. The third-order valence-corrected chi connectivity index (χ3v) is 4.92. The van der Waals surface area contributed by atoms with Gasteiger partial charge in [0.15, 0.2) is 0 Å². The summed E-state index contributed by atoms with van der Waals surface area (Å²) in [5, 5.41) is 5.31. The second kappa shape index (κ2) is 5.66. The van der Waals surface area contributed by atoms with E-state index in [1.807, 2.05) is 6.07 Å². The molecule has 1 unspecified atom stereocenters. The Labute approximate surface area is 123 Å². The lowest BCUT2D eigenvalue weighted by molar-refractivity contribution is 0.326. The van der Waals surface area contributed by atoms with Gasteiger partial charge in [0.1, 0.15) is 0 Å². The first-order valence-electron chi connectivity index (χ1n) is 6.72. The SMILES string of the molecule is Cc1cc(Cl)ccc1CN1CCC(c2ccsc2)C1. The zero-order valence-corrected chi connectivity index (χ0v) is 12.7. The fourth-order valence-corrected chi connectivity index (χ4v) is 3.80. The minimum absolute atomic E-state index is 0.721. The number of hydrogen-bond donors (Lipinski definition) is 0. The van der Waals surface area contributed by atoms with Crippen LogP contribution in [0.1, 0.15) is 29.0 Å². The molecule has 1 aromatic carbocycles. The standard InChI is InChI=1S/C16H18ClNS/c1-12-8-16(17)3-2-13(12)9-18-6-4-14(10-18)15-5-7-19-11-15/h2-3,5,7-8,11,14H,4,6,9-10H2,1H3. The van der Waals surface area contributed by atoms with Gasteiger partial charge in [-0.25, -0.2) is 0 Å². The Hall–Kier alpha value is -0.830. The van der Waals surface area contributed by atoms with Gasteiger partial charge in [-0.15, -0.1) is 0 Å². The molecule has 19 heavy (non-hydrogen) atoms. The predicted molar refractivity (Wildman–Crippen MR) is 83.1 cm³/mol. The maximum atomic E-state index is 6.01. The van der Waals surface area contributed by atoms with Crippen LogP contribution in [0.2, 0.25) is 5.02 Å². The number of hydrogen-bond acceptors (Lipinski definition) is 2. The molecule has 1 aliphatic heterocycles. The Kier molecular flexibility index (Phi) is 3.92. The van der Waals surface area contributed by atoms with Gasteiger partial charge >= 0.3 is 0 Å². The Balaban J connectivity index is 1.65. The molecule has 1 saturated heterocycles. The maximum Gasteiger partial charge on any atom is 0.0408 e. The highest BCUT2D eigenvalue weighted by Crippen LogP contribution is 2.30. The van der Waals surface area contributed by atoms with Crippen molar-refractivity contribution in [1.29, 1.82) is 0 Å². The number of benzene rings is 1. The molecule has 1 aliphatic rings. The van der Waals surface area contributed by atoms with Gasteiger partial charge in [0.2, 0.25) is 0 Å². The lowest BCUT2D eigenvalue weighted by atomic mass is 10.0. The van der Waals surface area contributed by atoms with Gasteiger partial charge in [-0.3, -0.25) is 4.90 Å². The average Bonchev–Trinajstić information content (AvgIpc) is 3.03. The fraction of sp³-hybridized carbons (Fsp3) is 0.375. The van der Waals surface area contributed by atoms with Gasteiger partial charge in [0.05, 0.1) is 0 Å². The number of thiophene rings is 1. The van der Waals surface area contributed by atoms with Crippen LogP contribution in [0.5, 0.6) is 0 Å². The summed E-state index contributed by atoms with van der Waals surface area (Å²) < 4.78 is 0. The molecule has 3 rings (SSSR count). The number of halogens is 1. The van der Waals surface area contributed by atoms with E-state index in [1.54, 1.807) is 11.3 Å². The summed E-state index contributed by atoms with van der Waals surface area (Å²) in [5.74, 6) is 0.721. The monoisotopic (exact) mass is 291 g/mol. The van der Waals surface area contributed by atoms with E-state index in [1.165, 1.54) is 36.2 Å². The van der Waals surface area contributed by atoms with Crippen molar-refractivity contribution in [3.8, 4) is 0 Å². The van der Waals surface area contributed by atoms with E-state index in [2.05, 4.69) is 40.8 Å². The van der Waals surface area contributed by atoms with E-state index < -0.39 is 0 Å². The average molecular weight is 292 g/mol. The number of likely N-dealkylation sites (tertiary alicyclic amines) is 1. The summed E-state index contributed by atoms with van der Waals surface area (Å²) in [6.07, 6.45) is 1.28. The van der Waals surface area contributed by atoms with Crippen LogP contribution in [-0.4, -0.2) is 18.0 Å². The van der Waals surface area contributed by atoms with E-state index in [0.29, 0.717) is 0 Å². The highest BCUT2D eigenvalue weighted by atomic mass is 35.5. The molecule has 1 nitrogen and oxygen atoms in total. The fourth-order valence-electron chi connectivity index (χ4n) is 2.83. The van der Waals surface area contributed by atoms with Crippen LogP contribution in [0.15, 0.2) is 35.0 Å². The summed E-state index contributed by atoms with van der Waals surface area (Å²) >= 11 is 7.81. The minimum atomic E-state index is 0.721. The molecular weight excluding hydrogens is 274 g/mol. The molecule has 1 atom stereocenters. The summed E-state index contributed by atoms with van der Waals surface area (Å²) in [7, 11) is 0. The van der Waals surface area contributed by atoms with Crippen molar-refractivity contribution in [2.75, 3.05) is 13.1 Å². The zero-order valence-electron chi connectivity index (χ0n) is 11.1. The van der Waals surface area contributed by atoms with Crippen LogP contribution >= 0.6 is 22.9 Å². The third kappa shape index (κ3) is 3.02. The Morgan fingerprint density at radius 2 is 2.26 bits per heavy atom. The van der Waals surface area contributed by atoms with Gasteiger partial charge in [0, 0.05) is 18.1 Å². The van der Waals surface area contributed by atoms with E-state index >= 15 is 0 Å². The molecule has 0 radical (unpaired) electrons. The van der Waals surface area contributed by atoms with Gasteiger partial charge in [-0.2, -0.15) is 11.3 Å². The van der Waals surface area contributed by atoms with Crippen molar-refractivity contribution in [3.05, 3.63) is 56.7 Å². The molecule has 0 spiro atoms. The number of rotatable bonds is 3. The van der Waals surface area contributed by atoms with Crippen LogP contribution in [0, 0.1) is 6.92 Å². The minimum Gasteiger partial charge on any atom is -0.298 e. The normalized spacial score (nSPS) is 20.0. The highest BCUT2D eigenvalue weighted by Gasteiger charge is 2.24. The van der Waals surface area contributed by atoms with E-state index in [4.69, 9.17) is 11.6 Å². The molecule has 0 aliphatic carbocycles. The lowest BCUT2D eigenvalue weighted by Crippen LogP contribution is -2.20. The first-order chi connectivity index (χ1) is 9.22. The van der Waals surface area contributed by atoms with E-state index in [-0.39, 0.29) is 0 Å². The molecule has 2 heterocycles. The molecule has 0 saturated carbocycles. The topological polar surface area (TPSA) is 3.24 Å². The molecule has 1 fully saturated rings. The van der Waals surface area contributed by atoms with E-state index in [0.717, 1.165) is 17.5 Å².